The summed E-state index contributed by atoms with van der Waals surface area (Å²) in [6, 6.07) is 11.8. The molecule has 0 spiro atoms. The van der Waals surface area contributed by atoms with E-state index in [1.54, 1.807) is 0 Å². The third-order valence-corrected chi connectivity index (χ3v) is 4.36. The van der Waals surface area contributed by atoms with Crippen LogP contribution in [-0.4, -0.2) is 31.4 Å². The van der Waals surface area contributed by atoms with Gasteiger partial charge in [-0.1, -0.05) is 0 Å². The van der Waals surface area contributed by atoms with Gasteiger partial charge in [0, 0.05) is 17.1 Å². The first-order valence-corrected chi connectivity index (χ1v) is 9.45. The summed E-state index contributed by atoms with van der Waals surface area (Å²) in [5.74, 6) is -1.91. The molecule has 3 N–H and O–H groups in total. The Morgan fingerprint density at radius 3 is 2.27 bits per heavy atom. The van der Waals surface area contributed by atoms with Crippen LogP contribution in [-0.2, 0) is 15.7 Å². The SMILES string of the molecule is COC(=O)c1ccc(NC(=O)CNc2ccc(NC(=O)c3ccco3)cc2C(F)(F)F)cc1. The van der Waals surface area contributed by atoms with Crippen LogP contribution < -0.4 is 16.0 Å². The van der Waals surface area contributed by atoms with E-state index >= 15 is 0 Å². The number of hydrogen-bond donors (Lipinski definition) is 3. The zero-order valence-corrected chi connectivity index (χ0v) is 17.2. The van der Waals surface area contributed by atoms with E-state index in [-0.39, 0.29) is 22.7 Å². The number of furan rings is 1. The molecule has 1 aromatic heterocycles. The number of alkyl halides is 3. The molecule has 11 heteroatoms. The van der Waals surface area contributed by atoms with Gasteiger partial charge >= 0.3 is 12.1 Å². The largest absolute Gasteiger partial charge is 0.465 e. The number of carbonyl (C=O) groups is 3. The molecule has 2 aromatic carbocycles. The molecule has 3 aromatic rings. The second-order valence-electron chi connectivity index (χ2n) is 6.66. The second kappa shape index (κ2) is 9.90. The molecule has 0 unspecified atom stereocenters. The van der Waals surface area contributed by atoms with Gasteiger partial charge in [0.25, 0.3) is 5.91 Å². The standard InChI is InChI=1S/C22H18F3N3O5/c1-32-21(31)13-4-6-14(7-5-13)27-19(29)12-26-17-9-8-15(11-16(17)22(23,24)25)28-20(30)18-3-2-10-33-18/h2-11,26H,12H2,1H3,(H,27,29)(H,28,30). The Kier molecular flexibility index (Phi) is 7.01. The van der Waals surface area contributed by atoms with E-state index in [0.717, 1.165) is 12.1 Å². The van der Waals surface area contributed by atoms with Crippen LogP contribution in [0.3, 0.4) is 0 Å². The van der Waals surface area contributed by atoms with Gasteiger partial charge in [-0.3, -0.25) is 9.59 Å². The van der Waals surface area contributed by atoms with Crippen molar-refractivity contribution in [2.45, 2.75) is 6.18 Å². The van der Waals surface area contributed by atoms with Crippen LogP contribution >= 0.6 is 0 Å². The van der Waals surface area contributed by atoms with Gasteiger partial charge in [-0.15, -0.1) is 0 Å². The number of halogens is 3. The Balaban J connectivity index is 1.66. The topological polar surface area (TPSA) is 110 Å². The fourth-order valence-electron chi connectivity index (χ4n) is 2.80. The second-order valence-corrected chi connectivity index (χ2v) is 6.66. The number of benzene rings is 2. The number of carbonyl (C=O) groups excluding carboxylic acids is 3. The van der Waals surface area contributed by atoms with Crippen LogP contribution in [0.1, 0.15) is 26.5 Å². The lowest BCUT2D eigenvalue weighted by atomic mass is 10.1. The predicted octanol–water partition coefficient (Wildman–Crippen LogP) is 4.39. The molecular formula is C22H18F3N3O5. The maximum Gasteiger partial charge on any atom is 0.418 e. The van der Waals surface area contributed by atoms with Gasteiger partial charge < -0.3 is 25.1 Å². The number of ether oxygens (including phenoxy) is 1. The van der Waals surface area contributed by atoms with Crippen molar-refractivity contribution in [2.75, 3.05) is 29.6 Å². The van der Waals surface area contributed by atoms with Gasteiger partial charge in [-0.05, 0) is 54.6 Å². The summed E-state index contributed by atoms with van der Waals surface area (Å²) in [6.45, 7) is -0.458. The monoisotopic (exact) mass is 461 g/mol. The van der Waals surface area contributed by atoms with Crippen molar-refractivity contribution in [3.05, 3.63) is 77.7 Å². The van der Waals surface area contributed by atoms with E-state index < -0.39 is 36.1 Å². The first-order valence-electron chi connectivity index (χ1n) is 9.45. The summed E-state index contributed by atoms with van der Waals surface area (Å²) < 4.78 is 50.1. The minimum Gasteiger partial charge on any atom is -0.465 e. The molecule has 1 heterocycles. The summed E-state index contributed by atoms with van der Waals surface area (Å²) in [6.07, 6.45) is -3.48. The van der Waals surface area contributed by atoms with Gasteiger partial charge in [0.05, 0.1) is 31.0 Å². The summed E-state index contributed by atoms with van der Waals surface area (Å²) in [4.78, 5) is 35.6. The van der Waals surface area contributed by atoms with Crippen molar-refractivity contribution in [3.8, 4) is 0 Å². The van der Waals surface area contributed by atoms with Crippen LogP contribution in [0, 0.1) is 0 Å². The predicted molar refractivity (Wildman–Crippen MR) is 113 cm³/mol. The van der Waals surface area contributed by atoms with Gasteiger partial charge in [-0.25, -0.2) is 4.79 Å². The van der Waals surface area contributed by atoms with Gasteiger partial charge in [0.1, 0.15) is 0 Å². The van der Waals surface area contributed by atoms with Gasteiger partial charge in [0.15, 0.2) is 5.76 Å². The molecule has 33 heavy (non-hydrogen) atoms. The highest BCUT2D eigenvalue weighted by atomic mass is 19.4. The highest BCUT2D eigenvalue weighted by Crippen LogP contribution is 2.36. The van der Waals surface area contributed by atoms with Crippen molar-refractivity contribution >= 4 is 34.8 Å². The summed E-state index contributed by atoms with van der Waals surface area (Å²) in [5.41, 5.74) is -0.863. The number of hydrogen-bond acceptors (Lipinski definition) is 6. The van der Waals surface area contributed by atoms with E-state index in [1.807, 2.05) is 0 Å². The molecule has 2 amide bonds. The van der Waals surface area contributed by atoms with Crippen LogP contribution in [0.4, 0.5) is 30.2 Å². The van der Waals surface area contributed by atoms with E-state index in [1.165, 1.54) is 55.8 Å². The molecule has 0 saturated carbocycles. The molecule has 0 radical (unpaired) electrons. The van der Waals surface area contributed by atoms with Crippen molar-refractivity contribution in [1.82, 2.24) is 0 Å². The van der Waals surface area contributed by atoms with Crippen molar-refractivity contribution in [1.29, 1.82) is 0 Å². The molecule has 0 aliphatic heterocycles. The van der Waals surface area contributed by atoms with Crippen molar-refractivity contribution in [2.24, 2.45) is 0 Å². The first-order chi connectivity index (χ1) is 15.7. The number of amides is 2. The first kappa shape index (κ1) is 23.4. The van der Waals surface area contributed by atoms with Gasteiger partial charge in [0.2, 0.25) is 5.91 Å². The zero-order chi connectivity index (χ0) is 24.0. The quantitative estimate of drug-likeness (QED) is 0.451. The number of nitrogens with one attached hydrogen (secondary N) is 3. The fraction of sp³-hybridized carbons (Fsp3) is 0.136. The van der Waals surface area contributed by atoms with Crippen molar-refractivity contribution in [3.63, 3.8) is 0 Å². The van der Waals surface area contributed by atoms with E-state index in [2.05, 4.69) is 20.7 Å². The van der Waals surface area contributed by atoms with Crippen LogP contribution in [0.15, 0.2) is 65.3 Å². The van der Waals surface area contributed by atoms with Crippen LogP contribution in [0.2, 0.25) is 0 Å². The Bertz CT molecular complexity index is 1140. The average molecular weight is 461 g/mol. The molecule has 0 aliphatic rings. The Morgan fingerprint density at radius 2 is 1.67 bits per heavy atom. The number of rotatable bonds is 7. The minimum atomic E-state index is -4.74. The Morgan fingerprint density at radius 1 is 0.970 bits per heavy atom. The summed E-state index contributed by atoms with van der Waals surface area (Å²) >= 11 is 0. The molecule has 0 atom stereocenters. The third kappa shape index (κ3) is 6.12. The van der Waals surface area contributed by atoms with E-state index in [0.29, 0.717) is 5.69 Å². The lowest BCUT2D eigenvalue weighted by Crippen LogP contribution is -2.23. The molecule has 0 fully saturated rings. The summed E-state index contributed by atoms with van der Waals surface area (Å²) in [5, 5.41) is 7.28. The molecule has 0 saturated heterocycles. The summed E-state index contributed by atoms with van der Waals surface area (Å²) in [7, 11) is 1.23. The van der Waals surface area contributed by atoms with E-state index in [9.17, 15) is 27.6 Å². The highest BCUT2D eigenvalue weighted by Gasteiger charge is 2.34. The number of methoxy groups -OCH3 is 1. The molecule has 3 rings (SSSR count). The smallest absolute Gasteiger partial charge is 0.418 e. The number of esters is 1. The van der Waals surface area contributed by atoms with E-state index in [4.69, 9.17) is 4.42 Å². The van der Waals surface area contributed by atoms with Gasteiger partial charge in [-0.2, -0.15) is 13.2 Å². The number of anilines is 3. The highest BCUT2D eigenvalue weighted by molar-refractivity contribution is 6.02. The third-order valence-electron chi connectivity index (χ3n) is 4.36. The van der Waals surface area contributed by atoms with Crippen LogP contribution in [0.5, 0.6) is 0 Å². The average Bonchev–Trinajstić information content (AvgIpc) is 3.33. The fourth-order valence-corrected chi connectivity index (χ4v) is 2.80. The lowest BCUT2D eigenvalue weighted by molar-refractivity contribution is -0.137. The van der Waals surface area contributed by atoms with Crippen LogP contribution in [0.25, 0.3) is 0 Å². The molecule has 172 valence electrons. The zero-order valence-electron chi connectivity index (χ0n) is 17.2. The Hall–Kier alpha value is -4.28. The van der Waals surface area contributed by atoms with Crippen molar-refractivity contribution < 1.29 is 36.7 Å². The molecule has 0 aliphatic carbocycles. The lowest BCUT2D eigenvalue weighted by Gasteiger charge is -2.16. The maximum atomic E-state index is 13.5. The molecule has 0 bridgehead atoms. The molecular weight excluding hydrogens is 443 g/mol. The molecule has 8 nitrogen and oxygen atoms in total. The minimum absolute atomic E-state index is 0.0537. The Labute approximate surface area is 185 Å². The maximum absolute atomic E-state index is 13.5. The normalized spacial score (nSPS) is 10.9.